The van der Waals surface area contributed by atoms with Crippen molar-refractivity contribution in [3.63, 3.8) is 0 Å². The molecule has 0 fully saturated rings. The molecule has 0 aliphatic rings. The van der Waals surface area contributed by atoms with Gasteiger partial charge in [-0.2, -0.15) is 4.31 Å². The number of thiazole rings is 1. The van der Waals surface area contributed by atoms with Crippen molar-refractivity contribution >= 4 is 32.4 Å². The molecule has 0 bridgehead atoms. The van der Waals surface area contributed by atoms with Crippen molar-refractivity contribution in [1.29, 1.82) is 0 Å². The van der Waals surface area contributed by atoms with Crippen LogP contribution in [0.3, 0.4) is 0 Å². The van der Waals surface area contributed by atoms with E-state index >= 15 is 0 Å². The highest BCUT2D eigenvalue weighted by molar-refractivity contribution is 7.89. The van der Waals surface area contributed by atoms with Gasteiger partial charge < -0.3 is 0 Å². The van der Waals surface area contributed by atoms with Crippen LogP contribution in [0.5, 0.6) is 0 Å². The number of carbonyl (C=O) groups excluding carboxylic acids is 1. The molecule has 1 N–H and O–H groups in total. The maximum atomic E-state index is 13.2. The van der Waals surface area contributed by atoms with Crippen LogP contribution < -0.4 is 5.32 Å². The van der Waals surface area contributed by atoms with Gasteiger partial charge in [-0.3, -0.25) is 10.1 Å². The van der Waals surface area contributed by atoms with Gasteiger partial charge in [-0.1, -0.05) is 91.9 Å². The zero-order valence-electron chi connectivity index (χ0n) is 21.3. The van der Waals surface area contributed by atoms with E-state index < -0.39 is 10.0 Å². The summed E-state index contributed by atoms with van der Waals surface area (Å²) in [5.41, 5.74) is 5.26. The van der Waals surface area contributed by atoms with Gasteiger partial charge in [0.05, 0.1) is 10.6 Å². The fourth-order valence-corrected chi connectivity index (χ4v) is 6.33. The molecule has 0 radical (unpaired) electrons. The van der Waals surface area contributed by atoms with Crippen molar-refractivity contribution < 1.29 is 13.2 Å². The first-order valence-electron chi connectivity index (χ1n) is 12.5. The zero-order chi connectivity index (χ0) is 27.2. The molecule has 39 heavy (non-hydrogen) atoms. The number of hydrogen-bond acceptors (Lipinski definition) is 5. The maximum absolute atomic E-state index is 13.2. The summed E-state index contributed by atoms with van der Waals surface area (Å²) in [7, 11) is -3.71. The topological polar surface area (TPSA) is 79.4 Å². The average molecular weight is 554 g/mol. The Morgan fingerprint density at radius 3 is 2.03 bits per heavy atom. The van der Waals surface area contributed by atoms with E-state index in [-0.39, 0.29) is 17.3 Å². The first kappa shape index (κ1) is 26.5. The average Bonchev–Trinajstić information content (AvgIpc) is 3.45. The van der Waals surface area contributed by atoms with Gasteiger partial charge in [-0.05, 0) is 41.0 Å². The number of nitrogens with zero attached hydrogens (tertiary/aromatic N) is 2. The molecular formula is C31H27N3O3S2. The lowest BCUT2D eigenvalue weighted by molar-refractivity contribution is 0.102. The minimum atomic E-state index is -3.71. The number of sulfonamides is 1. The van der Waals surface area contributed by atoms with Crippen molar-refractivity contribution in [2.75, 3.05) is 11.9 Å². The van der Waals surface area contributed by atoms with Crippen LogP contribution in [-0.4, -0.2) is 30.2 Å². The molecular weight excluding hydrogens is 526 g/mol. The summed E-state index contributed by atoms with van der Waals surface area (Å²) in [5, 5.41) is 5.19. The lowest BCUT2D eigenvalue weighted by Crippen LogP contribution is -2.30. The summed E-state index contributed by atoms with van der Waals surface area (Å²) < 4.78 is 27.8. The number of benzene rings is 4. The molecule has 1 heterocycles. The molecule has 1 aromatic heterocycles. The van der Waals surface area contributed by atoms with Gasteiger partial charge in [-0.15, -0.1) is 11.3 Å². The maximum Gasteiger partial charge on any atom is 0.257 e. The summed E-state index contributed by atoms with van der Waals surface area (Å²) in [6.07, 6.45) is 0. The van der Waals surface area contributed by atoms with Crippen LogP contribution in [0.15, 0.2) is 119 Å². The summed E-state index contributed by atoms with van der Waals surface area (Å²) in [6, 6.07) is 33.7. The Hall–Kier alpha value is -4.11. The third kappa shape index (κ3) is 6.15. The molecule has 0 aliphatic heterocycles. The summed E-state index contributed by atoms with van der Waals surface area (Å²) in [6.45, 7) is 2.42. The van der Waals surface area contributed by atoms with E-state index in [1.165, 1.54) is 39.9 Å². The van der Waals surface area contributed by atoms with Gasteiger partial charge in [-0.25, -0.2) is 13.4 Å². The fourth-order valence-electron chi connectivity index (χ4n) is 4.18. The SMILES string of the molecule is CCN(Cc1ccccc1)S(=O)(=O)c1ccc(C(=O)Nc2nc(-c3ccc(-c4ccccc4)cc3)cs2)cc1. The number of carbonyl (C=O) groups is 1. The molecule has 196 valence electrons. The highest BCUT2D eigenvalue weighted by Gasteiger charge is 2.23. The number of amides is 1. The standard InChI is InChI=1S/C31H27N3O3S2/c1-2-34(21-23-9-5-3-6-10-23)39(36,37)28-19-17-27(18-20-28)30(35)33-31-32-29(22-38-31)26-15-13-25(14-16-26)24-11-7-4-8-12-24/h3-20,22H,2,21H2,1H3,(H,32,33,35). The second-order valence-electron chi connectivity index (χ2n) is 8.88. The predicted molar refractivity (Wildman–Crippen MR) is 157 cm³/mol. The molecule has 0 spiro atoms. The molecule has 1 amide bonds. The highest BCUT2D eigenvalue weighted by Crippen LogP contribution is 2.28. The third-order valence-corrected chi connectivity index (χ3v) is 9.01. The Balaban J connectivity index is 1.25. The monoisotopic (exact) mass is 553 g/mol. The molecule has 5 rings (SSSR count). The molecule has 0 saturated heterocycles. The van der Waals surface area contributed by atoms with E-state index in [1.54, 1.807) is 0 Å². The Bertz CT molecular complexity index is 1650. The lowest BCUT2D eigenvalue weighted by atomic mass is 10.0. The molecule has 0 atom stereocenters. The van der Waals surface area contributed by atoms with E-state index in [2.05, 4.69) is 34.6 Å². The molecule has 5 aromatic rings. The van der Waals surface area contributed by atoms with Gasteiger partial charge in [0.2, 0.25) is 10.0 Å². The van der Waals surface area contributed by atoms with Gasteiger partial charge >= 0.3 is 0 Å². The van der Waals surface area contributed by atoms with Crippen molar-refractivity contribution in [1.82, 2.24) is 9.29 Å². The van der Waals surface area contributed by atoms with Crippen LogP contribution in [0.2, 0.25) is 0 Å². The van der Waals surface area contributed by atoms with Crippen LogP contribution in [0.25, 0.3) is 22.4 Å². The first-order valence-corrected chi connectivity index (χ1v) is 14.8. The number of anilines is 1. The Morgan fingerprint density at radius 2 is 1.38 bits per heavy atom. The molecule has 4 aromatic carbocycles. The Labute approximate surface area is 232 Å². The van der Waals surface area contributed by atoms with Gasteiger partial charge in [0.25, 0.3) is 5.91 Å². The highest BCUT2D eigenvalue weighted by atomic mass is 32.2. The quantitative estimate of drug-likeness (QED) is 0.214. The molecule has 6 nitrogen and oxygen atoms in total. The smallest absolute Gasteiger partial charge is 0.257 e. The van der Waals surface area contributed by atoms with Crippen LogP contribution in [-0.2, 0) is 16.6 Å². The van der Waals surface area contributed by atoms with Gasteiger partial charge in [0.1, 0.15) is 0 Å². The fraction of sp³-hybridized carbons (Fsp3) is 0.0968. The van der Waals surface area contributed by atoms with Crippen LogP contribution in [0.1, 0.15) is 22.8 Å². The van der Waals surface area contributed by atoms with Gasteiger partial charge in [0, 0.05) is 29.6 Å². The third-order valence-electron chi connectivity index (χ3n) is 6.32. The largest absolute Gasteiger partial charge is 0.298 e. The number of nitrogens with one attached hydrogen (secondary N) is 1. The van der Waals surface area contributed by atoms with Crippen LogP contribution in [0.4, 0.5) is 5.13 Å². The lowest BCUT2D eigenvalue weighted by Gasteiger charge is -2.20. The van der Waals surface area contributed by atoms with Crippen molar-refractivity contribution in [2.45, 2.75) is 18.4 Å². The van der Waals surface area contributed by atoms with Crippen molar-refractivity contribution in [2.24, 2.45) is 0 Å². The second kappa shape index (κ2) is 11.7. The minimum Gasteiger partial charge on any atom is -0.298 e. The molecule has 0 saturated carbocycles. The molecule has 0 unspecified atom stereocenters. The Kier molecular flexibility index (Phi) is 7.97. The van der Waals surface area contributed by atoms with Crippen LogP contribution >= 0.6 is 11.3 Å². The minimum absolute atomic E-state index is 0.146. The van der Waals surface area contributed by atoms with E-state index in [0.29, 0.717) is 17.2 Å². The van der Waals surface area contributed by atoms with E-state index in [0.717, 1.165) is 27.9 Å². The summed E-state index contributed by atoms with van der Waals surface area (Å²) >= 11 is 1.34. The normalized spacial score (nSPS) is 11.4. The first-order chi connectivity index (χ1) is 18.9. The van der Waals surface area contributed by atoms with E-state index in [9.17, 15) is 13.2 Å². The van der Waals surface area contributed by atoms with Crippen LogP contribution in [0, 0.1) is 0 Å². The molecule has 0 aliphatic carbocycles. The summed E-state index contributed by atoms with van der Waals surface area (Å²) in [4.78, 5) is 17.6. The number of hydrogen-bond donors (Lipinski definition) is 1. The Morgan fingerprint density at radius 1 is 0.795 bits per heavy atom. The predicted octanol–water partition coefficient (Wildman–Crippen LogP) is 6.94. The molecule has 8 heteroatoms. The number of aromatic nitrogens is 1. The number of rotatable bonds is 9. The summed E-state index contributed by atoms with van der Waals surface area (Å²) in [5.74, 6) is -0.351. The second-order valence-corrected chi connectivity index (χ2v) is 11.7. The van der Waals surface area contributed by atoms with Crippen molar-refractivity contribution in [3.05, 3.63) is 126 Å². The van der Waals surface area contributed by atoms with E-state index in [1.807, 2.05) is 73.0 Å². The van der Waals surface area contributed by atoms with E-state index in [4.69, 9.17) is 0 Å². The van der Waals surface area contributed by atoms with Crippen molar-refractivity contribution in [3.8, 4) is 22.4 Å². The van der Waals surface area contributed by atoms with Gasteiger partial charge in [0.15, 0.2) is 5.13 Å². The zero-order valence-corrected chi connectivity index (χ0v) is 23.0.